The third-order valence-corrected chi connectivity index (χ3v) is 4.67. The molecule has 2 saturated heterocycles. The molecule has 2 fully saturated rings. The van der Waals surface area contributed by atoms with E-state index >= 15 is 0 Å². The fourth-order valence-electron chi connectivity index (χ4n) is 2.56. The molecule has 2 aliphatic rings. The van der Waals surface area contributed by atoms with Gasteiger partial charge in [0.15, 0.2) is 5.96 Å². The highest BCUT2D eigenvalue weighted by Gasteiger charge is 2.12. The average Bonchev–Trinajstić information content (AvgIpc) is 2.68. The van der Waals surface area contributed by atoms with E-state index in [0.717, 1.165) is 32.1 Å². The first-order valence-electron chi connectivity index (χ1n) is 7.21. The monoisotopic (exact) mass is 270 g/mol. The maximum Gasteiger partial charge on any atom is 0.191 e. The summed E-state index contributed by atoms with van der Waals surface area (Å²) in [7, 11) is 0. The molecular formula is C13H26N4S. The van der Waals surface area contributed by atoms with E-state index in [1.165, 1.54) is 50.3 Å². The first kappa shape index (κ1) is 14.0. The molecule has 18 heavy (non-hydrogen) atoms. The SMILES string of the molecule is NC(=NCCN1CCCCCC1)N1CCSCC1. The standard InChI is InChI=1S/C13H26N4S/c14-13(17-9-11-18-12-10-17)15-5-8-16-6-3-1-2-4-7-16/h1-12H2,(H2,14,15). The van der Waals surface area contributed by atoms with Crippen molar-refractivity contribution in [1.29, 1.82) is 0 Å². The van der Waals surface area contributed by atoms with E-state index in [1.807, 2.05) is 11.8 Å². The van der Waals surface area contributed by atoms with Crippen LogP contribution in [-0.2, 0) is 0 Å². The van der Waals surface area contributed by atoms with Crippen molar-refractivity contribution in [3.05, 3.63) is 0 Å². The zero-order valence-electron chi connectivity index (χ0n) is 11.3. The minimum Gasteiger partial charge on any atom is -0.370 e. The Morgan fingerprint density at radius 1 is 1.00 bits per heavy atom. The topological polar surface area (TPSA) is 44.9 Å². The van der Waals surface area contributed by atoms with Crippen molar-refractivity contribution in [2.45, 2.75) is 25.7 Å². The summed E-state index contributed by atoms with van der Waals surface area (Å²) in [4.78, 5) is 9.30. The Morgan fingerprint density at radius 3 is 2.33 bits per heavy atom. The zero-order valence-corrected chi connectivity index (χ0v) is 12.1. The minimum absolute atomic E-state index is 0.755. The highest BCUT2D eigenvalue weighted by atomic mass is 32.2. The summed E-state index contributed by atoms with van der Waals surface area (Å²) in [5.41, 5.74) is 6.04. The van der Waals surface area contributed by atoms with Crippen molar-refractivity contribution in [3.8, 4) is 0 Å². The predicted molar refractivity (Wildman–Crippen MR) is 80.3 cm³/mol. The second kappa shape index (κ2) is 7.89. The minimum atomic E-state index is 0.755. The molecule has 0 amide bonds. The van der Waals surface area contributed by atoms with Crippen LogP contribution >= 0.6 is 11.8 Å². The van der Waals surface area contributed by atoms with Crippen molar-refractivity contribution in [2.24, 2.45) is 10.7 Å². The van der Waals surface area contributed by atoms with Crippen molar-refractivity contribution >= 4 is 17.7 Å². The quantitative estimate of drug-likeness (QED) is 0.619. The summed E-state index contributed by atoms with van der Waals surface area (Å²) in [6, 6.07) is 0. The summed E-state index contributed by atoms with van der Waals surface area (Å²) in [5.74, 6) is 3.12. The van der Waals surface area contributed by atoms with Crippen molar-refractivity contribution < 1.29 is 0 Å². The van der Waals surface area contributed by atoms with Crippen LogP contribution in [0.1, 0.15) is 25.7 Å². The summed E-state index contributed by atoms with van der Waals surface area (Å²) in [6.07, 6.45) is 5.49. The second-order valence-electron chi connectivity index (χ2n) is 5.10. The van der Waals surface area contributed by atoms with Crippen molar-refractivity contribution in [3.63, 3.8) is 0 Å². The molecule has 5 heteroatoms. The molecule has 0 bridgehead atoms. The smallest absolute Gasteiger partial charge is 0.191 e. The van der Waals surface area contributed by atoms with Gasteiger partial charge in [-0.25, -0.2) is 0 Å². The summed E-state index contributed by atoms with van der Waals surface area (Å²) < 4.78 is 0. The largest absolute Gasteiger partial charge is 0.370 e. The second-order valence-corrected chi connectivity index (χ2v) is 6.32. The molecular weight excluding hydrogens is 244 g/mol. The van der Waals surface area contributed by atoms with Crippen LogP contribution in [0, 0.1) is 0 Å². The van der Waals surface area contributed by atoms with Gasteiger partial charge in [-0.05, 0) is 25.9 Å². The van der Waals surface area contributed by atoms with E-state index in [2.05, 4.69) is 14.8 Å². The third-order valence-electron chi connectivity index (χ3n) is 3.72. The Hall–Kier alpha value is -0.420. The highest BCUT2D eigenvalue weighted by molar-refractivity contribution is 7.99. The Kier molecular flexibility index (Phi) is 6.14. The van der Waals surface area contributed by atoms with Gasteiger partial charge in [-0.3, -0.25) is 4.99 Å². The van der Waals surface area contributed by atoms with Crippen LogP contribution in [-0.4, -0.2) is 66.5 Å². The molecule has 0 saturated carbocycles. The summed E-state index contributed by atoms with van der Waals surface area (Å²) in [5, 5.41) is 0. The molecule has 4 nitrogen and oxygen atoms in total. The van der Waals surface area contributed by atoms with Crippen LogP contribution in [0.3, 0.4) is 0 Å². The lowest BCUT2D eigenvalue weighted by molar-refractivity contribution is 0.293. The summed E-state index contributed by atoms with van der Waals surface area (Å²) in [6.45, 7) is 6.54. The Balaban J connectivity index is 1.68. The van der Waals surface area contributed by atoms with Gasteiger partial charge in [-0.15, -0.1) is 0 Å². The van der Waals surface area contributed by atoms with E-state index < -0.39 is 0 Å². The number of nitrogens with two attached hydrogens (primary N) is 1. The molecule has 0 aliphatic carbocycles. The average molecular weight is 270 g/mol. The van der Waals surface area contributed by atoms with Crippen LogP contribution in [0.5, 0.6) is 0 Å². The van der Waals surface area contributed by atoms with E-state index in [9.17, 15) is 0 Å². The number of rotatable bonds is 3. The molecule has 2 heterocycles. The van der Waals surface area contributed by atoms with Gasteiger partial charge in [0.05, 0.1) is 6.54 Å². The van der Waals surface area contributed by atoms with Gasteiger partial charge in [-0.1, -0.05) is 12.8 Å². The maximum atomic E-state index is 6.04. The van der Waals surface area contributed by atoms with Crippen LogP contribution in [0.15, 0.2) is 4.99 Å². The number of hydrogen-bond donors (Lipinski definition) is 1. The van der Waals surface area contributed by atoms with E-state index in [-0.39, 0.29) is 0 Å². The lowest BCUT2D eigenvalue weighted by atomic mass is 10.2. The van der Waals surface area contributed by atoms with Gasteiger partial charge in [0.25, 0.3) is 0 Å². The molecule has 0 unspecified atom stereocenters. The Labute approximate surface area is 115 Å². The lowest BCUT2D eigenvalue weighted by Gasteiger charge is -2.27. The van der Waals surface area contributed by atoms with E-state index in [1.54, 1.807) is 0 Å². The Bertz CT molecular complexity index is 256. The fourth-order valence-corrected chi connectivity index (χ4v) is 3.46. The molecule has 0 atom stereocenters. The van der Waals surface area contributed by atoms with Crippen LogP contribution in [0.4, 0.5) is 0 Å². The molecule has 2 rings (SSSR count). The van der Waals surface area contributed by atoms with Gasteiger partial charge < -0.3 is 15.5 Å². The van der Waals surface area contributed by atoms with Gasteiger partial charge in [0, 0.05) is 31.1 Å². The lowest BCUT2D eigenvalue weighted by Crippen LogP contribution is -2.43. The number of likely N-dealkylation sites (tertiary alicyclic amines) is 1. The third kappa shape index (κ3) is 4.69. The van der Waals surface area contributed by atoms with Crippen LogP contribution in [0.2, 0.25) is 0 Å². The van der Waals surface area contributed by atoms with Crippen molar-refractivity contribution in [1.82, 2.24) is 9.80 Å². The van der Waals surface area contributed by atoms with Gasteiger partial charge >= 0.3 is 0 Å². The number of hydrogen-bond acceptors (Lipinski definition) is 3. The number of aliphatic imine (C=N–C) groups is 1. The molecule has 2 N–H and O–H groups in total. The first-order chi connectivity index (χ1) is 8.86. The molecule has 0 aromatic rings. The molecule has 0 aromatic carbocycles. The fraction of sp³-hybridized carbons (Fsp3) is 0.923. The number of guanidine groups is 1. The number of thioether (sulfide) groups is 1. The highest BCUT2D eigenvalue weighted by Crippen LogP contribution is 2.10. The molecule has 0 aromatic heterocycles. The van der Waals surface area contributed by atoms with E-state index in [4.69, 9.17) is 5.73 Å². The first-order valence-corrected chi connectivity index (χ1v) is 8.37. The number of nitrogens with zero attached hydrogens (tertiary/aromatic N) is 3. The molecule has 0 spiro atoms. The van der Waals surface area contributed by atoms with E-state index in [0.29, 0.717) is 0 Å². The molecule has 104 valence electrons. The zero-order chi connectivity index (χ0) is 12.6. The predicted octanol–water partition coefficient (Wildman–Crippen LogP) is 1.23. The van der Waals surface area contributed by atoms with Gasteiger partial charge in [-0.2, -0.15) is 11.8 Å². The molecule has 0 radical (unpaired) electrons. The normalized spacial score (nSPS) is 24.0. The maximum absolute atomic E-state index is 6.04. The van der Waals surface area contributed by atoms with Gasteiger partial charge in [0.1, 0.15) is 0 Å². The van der Waals surface area contributed by atoms with Gasteiger partial charge in [0.2, 0.25) is 0 Å². The molecule has 2 aliphatic heterocycles. The van der Waals surface area contributed by atoms with Crippen LogP contribution < -0.4 is 5.73 Å². The summed E-state index contributed by atoms with van der Waals surface area (Å²) >= 11 is 2.00. The van der Waals surface area contributed by atoms with Crippen molar-refractivity contribution in [2.75, 3.05) is 50.8 Å². The Morgan fingerprint density at radius 2 is 1.67 bits per heavy atom. The van der Waals surface area contributed by atoms with Crippen LogP contribution in [0.25, 0.3) is 0 Å².